The number of nitrogens with zero attached hydrogens (tertiary/aromatic N) is 4. The quantitative estimate of drug-likeness (QED) is 0.411. The number of methoxy groups -OCH3 is 3. The third-order valence-electron chi connectivity index (χ3n) is 6.18. The Morgan fingerprint density at radius 2 is 1.74 bits per heavy atom. The van der Waals surface area contributed by atoms with Gasteiger partial charge in [0.1, 0.15) is 0 Å². The van der Waals surface area contributed by atoms with Gasteiger partial charge in [0.2, 0.25) is 0 Å². The molecule has 0 radical (unpaired) electrons. The Bertz CT molecular complexity index is 1450. The van der Waals surface area contributed by atoms with Crippen LogP contribution in [0, 0.1) is 0 Å². The second-order valence-corrected chi connectivity index (χ2v) is 8.15. The molecule has 5 rings (SSSR count). The molecule has 35 heavy (non-hydrogen) atoms. The maximum atomic E-state index is 13.4. The van der Waals surface area contributed by atoms with E-state index in [0.29, 0.717) is 47.9 Å². The molecule has 0 saturated carbocycles. The Kier molecular flexibility index (Phi) is 5.82. The summed E-state index contributed by atoms with van der Waals surface area (Å²) < 4.78 is 17.2. The average Bonchev–Trinajstić information content (AvgIpc) is 3.35. The molecule has 0 unspecified atom stereocenters. The van der Waals surface area contributed by atoms with Crippen LogP contribution < -0.4 is 9.47 Å². The van der Waals surface area contributed by atoms with Gasteiger partial charge in [0.15, 0.2) is 22.8 Å². The van der Waals surface area contributed by atoms with Crippen LogP contribution in [0.4, 0.5) is 0 Å². The molecule has 1 aliphatic heterocycles. The molecule has 2 aromatic carbocycles. The van der Waals surface area contributed by atoms with Gasteiger partial charge in [-0.15, -0.1) is 0 Å². The minimum Gasteiger partial charge on any atom is -0.493 e. The maximum absolute atomic E-state index is 13.4. The zero-order valence-electron chi connectivity index (χ0n) is 19.6. The van der Waals surface area contributed by atoms with Gasteiger partial charge in [0, 0.05) is 30.9 Å². The second-order valence-electron chi connectivity index (χ2n) is 8.15. The Hall–Kier alpha value is -4.40. The van der Waals surface area contributed by atoms with Crippen LogP contribution in [0.5, 0.6) is 11.5 Å². The van der Waals surface area contributed by atoms with Gasteiger partial charge in [-0.1, -0.05) is 6.07 Å². The highest BCUT2D eigenvalue weighted by Gasteiger charge is 2.25. The van der Waals surface area contributed by atoms with Gasteiger partial charge in [0.25, 0.3) is 5.91 Å². The predicted molar refractivity (Wildman–Crippen MR) is 128 cm³/mol. The van der Waals surface area contributed by atoms with Gasteiger partial charge in [-0.25, -0.2) is 14.3 Å². The Morgan fingerprint density at radius 3 is 2.51 bits per heavy atom. The first-order valence-electron chi connectivity index (χ1n) is 11.1. The molecule has 0 aliphatic carbocycles. The largest absolute Gasteiger partial charge is 0.493 e. The maximum Gasteiger partial charge on any atom is 0.337 e. The summed E-state index contributed by atoms with van der Waals surface area (Å²) in [6, 6.07) is 14.6. The zero-order valence-corrected chi connectivity index (χ0v) is 19.6. The third-order valence-corrected chi connectivity index (χ3v) is 6.18. The van der Waals surface area contributed by atoms with E-state index < -0.39 is 5.97 Å². The van der Waals surface area contributed by atoms with E-state index in [1.807, 2.05) is 30.3 Å². The van der Waals surface area contributed by atoms with Crippen LogP contribution in [-0.4, -0.2) is 59.2 Å². The normalized spacial score (nSPS) is 12.8. The highest BCUT2D eigenvalue weighted by Crippen LogP contribution is 2.32. The molecular weight excluding hydrogens is 448 g/mol. The Balaban J connectivity index is 1.46. The summed E-state index contributed by atoms with van der Waals surface area (Å²) in [5, 5.41) is 4.59. The number of hydrogen-bond donors (Lipinski definition) is 0. The summed E-state index contributed by atoms with van der Waals surface area (Å²) in [4.78, 5) is 31.4. The van der Waals surface area contributed by atoms with E-state index in [1.54, 1.807) is 48.0 Å². The fourth-order valence-electron chi connectivity index (χ4n) is 4.35. The number of fused-ring (bicyclic) bond motifs is 2. The van der Waals surface area contributed by atoms with Gasteiger partial charge >= 0.3 is 5.97 Å². The number of esters is 1. The van der Waals surface area contributed by atoms with Crippen LogP contribution in [-0.2, 0) is 17.7 Å². The molecule has 2 aromatic heterocycles. The van der Waals surface area contributed by atoms with E-state index in [1.165, 1.54) is 7.11 Å². The van der Waals surface area contributed by atoms with Crippen molar-refractivity contribution in [3.8, 4) is 22.8 Å². The van der Waals surface area contributed by atoms with E-state index in [9.17, 15) is 9.59 Å². The van der Waals surface area contributed by atoms with Crippen LogP contribution in [0.15, 0.2) is 54.7 Å². The van der Waals surface area contributed by atoms with Crippen LogP contribution in [0.1, 0.15) is 32.0 Å². The van der Waals surface area contributed by atoms with Crippen molar-refractivity contribution >= 4 is 17.5 Å². The minimum absolute atomic E-state index is 0.192. The van der Waals surface area contributed by atoms with Crippen LogP contribution >= 0.6 is 0 Å². The van der Waals surface area contributed by atoms with Crippen LogP contribution in [0.3, 0.4) is 0 Å². The van der Waals surface area contributed by atoms with Gasteiger partial charge in [-0.3, -0.25) is 4.79 Å². The smallest absolute Gasteiger partial charge is 0.337 e. The first-order chi connectivity index (χ1) is 17.0. The van der Waals surface area contributed by atoms with E-state index in [2.05, 4.69) is 10.1 Å². The van der Waals surface area contributed by atoms with Crippen LogP contribution in [0.25, 0.3) is 16.9 Å². The molecule has 0 spiro atoms. The van der Waals surface area contributed by atoms with Crippen molar-refractivity contribution in [3.05, 3.63) is 77.1 Å². The molecule has 178 valence electrons. The van der Waals surface area contributed by atoms with Crippen molar-refractivity contribution in [1.29, 1.82) is 0 Å². The fourth-order valence-corrected chi connectivity index (χ4v) is 4.35. The number of aromatic nitrogens is 3. The van der Waals surface area contributed by atoms with Crippen molar-refractivity contribution in [1.82, 2.24) is 19.5 Å². The van der Waals surface area contributed by atoms with Crippen molar-refractivity contribution < 1.29 is 23.8 Å². The summed E-state index contributed by atoms with van der Waals surface area (Å²) in [5.41, 5.74) is 5.00. The fraction of sp³-hybridized carbons (Fsp3) is 0.231. The van der Waals surface area contributed by atoms with E-state index in [4.69, 9.17) is 14.2 Å². The molecule has 9 nitrogen and oxygen atoms in total. The standard InChI is InChI=1S/C26H24N4O5/c1-33-22-7-6-17(13-23(22)34-2)21-8-10-27-24-14-20(28-30(21)24)25(31)29-11-9-16-4-5-18(26(32)35-3)12-19(16)15-29/h4-8,10,12-14H,9,11,15H2,1-3H3. The summed E-state index contributed by atoms with van der Waals surface area (Å²) >= 11 is 0. The molecular formula is C26H24N4O5. The molecule has 0 bridgehead atoms. The number of amides is 1. The minimum atomic E-state index is -0.398. The van der Waals surface area contributed by atoms with Crippen molar-refractivity contribution in [2.75, 3.05) is 27.9 Å². The zero-order chi connectivity index (χ0) is 24.5. The van der Waals surface area contributed by atoms with E-state index in [-0.39, 0.29) is 5.91 Å². The number of ether oxygens (including phenoxy) is 3. The SMILES string of the molecule is COC(=O)c1ccc2c(c1)CN(C(=O)c1cc3nccc(-c4ccc(OC)c(OC)c4)n3n1)CC2. The average molecular weight is 473 g/mol. The van der Waals surface area contributed by atoms with Gasteiger partial charge in [0.05, 0.1) is 32.6 Å². The second kappa shape index (κ2) is 9.09. The molecule has 3 heterocycles. The first-order valence-corrected chi connectivity index (χ1v) is 11.1. The van der Waals surface area contributed by atoms with Crippen LogP contribution in [0.2, 0.25) is 0 Å². The molecule has 1 amide bonds. The molecule has 0 saturated heterocycles. The summed E-state index contributed by atoms with van der Waals surface area (Å²) in [6.45, 7) is 0.954. The van der Waals surface area contributed by atoms with Crippen molar-refractivity contribution in [2.45, 2.75) is 13.0 Å². The number of carbonyl (C=O) groups is 2. The Morgan fingerprint density at radius 1 is 0.914 bits per heavy atom. The summed E-state index contributed by atoms with van der Waals surface area (Å²) in [6.07, 6.45) is 2.38. The van der Waals surface area contributed by atoms with Crippen molar-refractivity contribution in [2.24, 2.45) is 0 Å². The highest BCUT2D eigenvalue weighted by atomic mass is 16.5. The third kappa shape index (κ3) is 4.05. The number of carbonyl (C=O) groups excluding carboxylic acids is 2. The molecule has 0 N–H and O–H groups in total. The van der Waals surface area contributed by atoms with Crippen molar-refractivity contribution in [3.63, 3.8) is 0 Å². The van der Waals surface area contributed by atoms with E-state index in [0.717, 1.165) is 22.4 Å². The summed E-state index contributed by atoms with van der Waals surface area (Å²) in [5.74, 6) is 0.628. The topological polar surface area (TPSA) is 95.3 Å². The predicted octanol–water partition coefficient (Wildman–Crippen LogP) is 3.40. The molecule has 1 aliphatic rings. The molecule has 9 heteroatoms. The lowest BCUT2D eigenvalue weighted by Gasteiger charge is -2.28. The lowest BCUT2D eigenvalue weighted by molar-refractivity contribution is 0.0600. The first kappa shape index (κ1) is 22.4. The lowest BCUT2D eigenvalue weighted by Crippen LogP contribution is -2.36. The summed E-state index contributed by atoms with van der Waals surface area (Å²) in [7, 11) is 4.52. The van der Waals surface area contributed by atoms with Gasteiger partial charge in [-0.05, 0) is 53.9 Å². The number of rotatable bonds is 5. The number of hydrogen-bond acceptors (Lipinski definition) is 7. The number of benzene rings is 2. The molecule has 0 fully saturated rings. The highest BCUT2D eigenvalue weighted by molar-refractivity contribution is 5.94. The molecule has 0 atom stereocenters. The lowest BCUT2D eigenvalue weighted by atomic mass is 9.97. The van der Waals surface area contributed by atoms with Gasteiger partial charge < -0.3 is 19.1 Å². The molecule has 4 aromatic rings. The monoisotopic (exact) mass is 472 g/mol. The van der Waals surface area contributed by atoms with Gasteiger partial charge in [-0.2, -0.15) is 5.10 Å². The Labute approximate surface area is 201 Å². The van der Waals surface area contributed by atoms with E-state index >= 15 is 0 Å².